The smallest absolute Gasteiger partial charge is 0.260 e. The molecule has 2 heterocycles. The fourth-order valence-corrected chi connectivity index (χ4v) is 8.05. The zero-order valence-corrected chi connectivity index (χ0v) is 25.9. The van der Waals surface area contributed by atoms with E-state index in [1.807, 2.05) is 13.8 Å². The molecule has 1 amide bonds. The summed E-state index contributed by atoms with van der Waals surface area (Å²) in [5, 5.41) is 0.450. The summed E-state index contributed by atoms with van der Waals surface area (Å²) in [5.41, 5.74) is 0.932. The Morgan fingerprint density at radius 2 is 1.57 bits per heavy atom. The molecular weight excluding hydrogens is 573 g/mol. The van der Waals surface area contributed by atoms with Gasteiger partial charge in [-0.15, -0.1) is 0 Å². The molecule has 4 rings (SSSR count). The molecule has 40 heavy (non-hydrogen) atoms. The van der Waals surface area contributed by atoms with Gasteiger partial charge in [0.15, 0.2) is 15.0 Å². The van der Waals surface area contributed by atoms with Gasteiger partial charge in [0.25, 0.3) is 5.91 Å². The Morgan fingerprint density at radius 1 is 0.975 bits per heavy atom. The van der Waals surface area contributed by atoms with E-state index in [-0.39, 0.29) is 41.0 Å². The van der Waals surface area contributed by atoms with Crippen molar-refractivity contribution in [1.29, 1.82) is 0 Å². The molecule has 0 N–H and O–H groups in total. The molecule has 10 nitrogen and oxygen atoms in total. The molecule has 218 valence electrons. The average Bonchev–Trinajstić information content (AvgIpc) is 3.33. The summed E-state index contributed by atoms with van der Waals surface area (Å²) >= 11 is 1.25. The quantitative estimate of drug-likeness (QED) is 0.344. The van der Waals surface area contributed by atoms with Gasteiger partial charge < -0.3 is 9.64 Å². The van der Waals surface area contributed by atoms with Gasteiger partial charge in [-0.2, -0.15) is 4.31 Å². The van der Waals surface area contributed by atoms with E-state index >= 15 is 0 Å². The molecule has 0 aliphatic carbocycles. The van der Waals surface area contributed by atoms with Crippen LogP contribution in [0.15, 0.2) is 52.3 Å². The van der Waals surface area contributed by atoms with Crippen LogP contribution in [-0.2, 0) is 24.6 Å². The highest BCUT2D eigenvalue weighted by molar-refractivity contribution is 7.90. The lowest BCUT2D eigenvalue weighted by atomic mass is 10.2. The normalized spacial score (nSPS) is 18.9. The second-order valence-corrected chi connectivity index (χ2v) is 14.9. The lowest BCUT2D eigenvalue weighted by Gasteiger charge is -2.34. The summed E-state index contributed by atoms with van der Waals surface area (Å²) in [4.78, 5) is 22.5. The van der Waals surface area contributed by atoms with Crippen LogP contribution in [-0.4, -0.2) is 94.7 Å². The molecule has 13 heteroatoms. The van der Waals surface area contributed by atoms with Crippen LogP contribution in [0.4, 0.5) is 5.13 Å². The van der Waals surface area contributed by atoms with Crippen LogP contribution in [0.5, 0.6) is 0 Å². The molecule has 0 saturated carbocycles. The highest BCUT2D eigenvalue weighted by atomic mass is 32.2. The number of fused-ring (bicyclic) bond motifs is 1. The first-order chi connectivity index (χ1) is 18.8. The second-order valence-electron chi connectivity index (χ2n) is 9.99. The van der Waals surface area contributed by atoms with E-state index in [1.54, 1.807) is 17.0 Å². The van der Waals surface area contributed by atoms with Crippen molar-refractivity contribution in [2.45, 2.75) is 49.7 Å². The summed E-state index contributed by atoms with van der Waals surface area (Å²) in [7, 11) is -7.13. The molecule has 0 spiro atoms. The maximum atomic E-state index is 13.8. The van der Waals surface area contributed by atoms with Crippen molar-refractivity contribution in [2.75, 3.05) is 50.4 Å². The summed E-state index contributed by atoms with van der Waals surface area (Å²) < 4.78 is 58.4. The number of sulfonamides is 1. The van der Waals surface area contributed by atoms with E-state index in [0.717, 1.165) is 19.3 Å². The van der Waals surface area contributed by atoms with Gasteiger partial charge >= 0.3 is 0 Å². The summed E-state index contributed by atoms with van der Waals surface area (Å²) in [6, 6.07) is 10.7. The average molecular weight is 609 g/mol. The maximum absolute atomic E-state index is 13.8. The number of sulfone groups is 1. The monoisotopic (exact) mass is 608 g/mol. The van der Waals surface area contributed by atoms with Crippen molar-refractivity contribution >= 4 is 52.5 Å². The first kappa shape index (κ1) is 30.5. The van der Waals surface area contributed by atoms with E-state index in [9.17, 15) is 21.6 Å². The Labute approximate surface area is 240 Å². The second kappa shape index (κ2) is 12.2. The van der Waals surface area contributed by atoms with Crippen molar-refractivity contribution in [3.63, 3.8) is 0 Å². The van der Waals surface area contributed by atoms with Crippen LogP contribution in [0, 0.1) is 0 Å². The topological polar surface area (TPSA) is 117 Å². The van der Waals surface area contributed by atoms with E-state index < -0.39 is 19.9 Å². The van der Waals surface area contributed by atoms with Gasteiger partial charge in [0.1, 0.15) is 0 Å². The number of morpholine rings is 1. The Bertz CT molecular complexity index is 1560. The molecule has 2 atom stereocenters. The lowest BCUT2D eigenvalue weighted by Crippen LogP contribution is -2.48. The molecular formula is C27H36N4O6S3. The minimum atomic E-state index is -3.74. The summed E-state index contributed by atoms with van der Waals surface area (Å²) in [5.74, 6) is -0.313. The predicted molar refractivity (Wildman–Crippen MR) is 157 cm³/mol. The molecule has 0 bridgehead atoms. The Balaban J connectivity index is 1.64. The van der Waals surface area contributed by atoms with Crippen molar-refractivity contribution in [2.24, 2.45) is 0 Å². The molecule has 0 radical (unpaired) electrons. The van der Waals surface area contributed by atoms with Crippen LogP contribution in [0.1, 0.15) is 38.1 Å². The van der Waals surface area contributed by atoms with E-state index in [0.29, 0.717) is 34.0 Å². The molecule has 1 aliphatic heterocycles. The van der Waals surface area contributed by atoms with Crippen LogP contribution < -0.4 is 4.90 Å². The molecule has 1 saturated heterocycles. The first-order valence-electron chi connectivity index (χ1n) is 13.2. The van der Waals surface area contributed by atoms with Crippen LogP contribution in [0.2, 0.25) is 0 Å². The zero-order chi connectivity index (χ0) is 29.2. The third kappa shape index (κ3) is 6.72. The lowest BCUT2D eigenvalue weighted by molar-refractivity contribution is -0.0440. The highest BCUT2D eigenvalue weighted by Gasteiger charge is 2.32. The standard InChI is InChI=1S/C27H36N4O6S3/c1-6-29(7-2)14-15-31(27-28-24-13-12-23(39(5,33)34)16-25(24)38-27)26(32)21-8-10-22(11-9-21)40(35,36)30-17-19(3)37-20(4)18-30/h8-13,16,19-20H,6-7,14-15,17-18H2,1-5H3. The number of hydrogen-bond acceptors (Lipinski definition) is 9. The number of aromatic nitrogens is 1. The van der Waals surface area contributed by atoms with Gasteiger partial charge in [-0.25, -0.2) is 21.8 Å². The number of ether oxygens (including phenoxy) is 1. The van der Waals surface area contributed by atoms with Crippen molar-refractivity contribution < 1.29 is 26.4 Å². The van der Waals surface area contributed by atoms with Gasteiger partial charge in [-0.1, -0.05) is 25.2 Å². The van der Waals surface area contributed by atoms with E-state index in [4.69, 9.17) is 4.74 Å². The minimum absolute atomic E-state index is 0.119. The van der Waals surface area contributed by atoms with E-state index in [1.165, 1.54) is 46.0 Å². The Hall–Kier alpha value is -2.42. The number of anilines is 1. The van der Waals surface area contributed by atoms with E-state index in [2.05, 4.69) is 23.7 Å². The number of thiazole rings is 1. The largest absolute Gasteiger partial charge is 0.373 e. The first-order valence-corrected chi connectivity index (χ1v) is 17.4. The highest BCUT2D eigenvalue weighted by Crippen LogP contribution is 2.32. The number of nitrogens with zero attached hydrogens (tertiary/aromatic N) is 4. The molecule has 1 aromatic heterocycles. The van der Waals surface area contributed by atoms with Gasteiger partial charge in [0, 0.05) is 38.0 Å². The van der Waals surface area contributed by atoms with Crippen LogP contribution in [0.3, 0.4) is 0 Å². The number of benzene rings is 2. The maximum Gasteiger partial charge on any atom is 0.260 e. The predicted octanol–water partition coefficient (Wildman–Crippen LogP) is 3.49. The molecule has 1 aliphatic rings. The van der Waals surface area contributed by atoms with Crippen LogP contribution >= 0.6 is 11.3 Å². The van der Waals surface area contributed by atoms with Gasteiger partial charge in [0.2, 0.25) is 10.0 Å². The number of rotatable bonds is 10. The third-order valence-electron chi connectivity index (χ3n) is 6.91. The minimum Gasteiger partial charge on any atom is -0.373 e. The van der Waals surface area contributed by atoms with Gasteiger partial charge in [-0.3, -0.25) is 9.69 Å². The Kier molecular flexibility index (Phi) is 9.32. The summed E-state index contributed by atoms with van der Waals surface area (Å²) in [6.45, 7) is 10.9. The fourth-order valence-electron chi connectivity index (χ4n) is 4.71. The fraction of sp³-hybridized carbons (Fsp3) is 0.481. The zero-order valence-electron chi connectivity index (χ0n) is 23.4. The van der Waals surface area contributed by atoms with Gasteiger partial charge in [-0.05, 0) is 69.4 Å². The SMILES string of the molecule is CCN(CC)CCN(C(=O)c1ccc(S(=O)(=O)N2CC(C)OC(C)C2)cc1)c1nc2ccc(S(C)(=O)=O)cc2s1. The molecule has 2 aromatic carbocycles. The number of carbonyl (C=O) groups excluding carboxylic acids is 1. The van der Waals surface area contributed by atoms with Crippen LogP contribution in [0.25, 0.3) is 10.2 Å². The molecule has 3 aromatic rings. The van der Waals surface area contributed by atoms with Crippen molar-refractivity contribution in [3.05, 3.63) is 48.0 Å². The number of likely N-dealkylation sites (N-methyl/N-ethyl adjacent to an activating group) is 1. The number of carbonyl (C=O) groups is 1. The molecule has 2 unspecified atom stereocenters. The Morgan fingerprint density at radius 3 is 2.15 bits per heavy atom. The number of amides is 1. The van der Waals surface area contributed by atoms with Gasteiger partial charge in [0.05, 0.1) is 32.2 Å². The van der Waals surface area contributed by atoms with Crippen molar-refractivity contribution in [1.82, 2.24) is 14.2 Å². The third-order valence-corrected chi connectivity index (χ3v) is 10.9. The molecule has 1 fully saturated rings. The van der Waals surface area contributed by atoms with Crippen molar-refractivity contribution in [3.8, 4) is 0 Å². The summed E-state index contributed by atoms with van der Waals surface area (Å²) in [6.07, 6.45) is 0.738. The number of hydrogen-bond donors (Lipinski definition) is 0.